The van der Waals surface area contributed by atoms with E-state index in [0.29, 0.717) is 12.1 Å². The van der Waals surface area contributed by atoms with Crippen LogP contribution in [0.1, 0.15) is 31.2 Å². The van der Waals surface area contributed by atoms with Gasteiger partial charge in [-0.25, -0.2) is 0 Å². The van der Waals surface area contributed by atoms with Crippen molar-refractivity contribution in [2.75, 3.05) is 46.4 Å². The van der Waals surface area contributed by atoms with Crippen LogP contribution in [0.2, 0.25) is 0 Å². The zero-order valence-electron chi connectivity index (χ0n) is 16.4. The summed E-state index contributed by atoms with van der Waals surface area (Å²) in [5, 5.41) is 3.55. The standard InChI is InChI=1S/C21H32N4O2/c1-22-21(25-10-9-18(16-25)24-11-13-26-14-12-24)23-15-17-5-2-3-8-20(17)27-19-6-4-7-19/h2-3,5,8,18-19H,4,6-7,9-16H2,1H3,(H,22,23). The summed E-state index contributed by atoms with van der Waals surface area (Å²) in [6, 6.07) is 8.98. The molecule has 2 heterocycles. The number of rotatable bonds is 5. The number of guanidine groups is 1. The molecule has 0 radical (unpaired) electrons. The Morgan fingerprint density at radius 3 is 2.74 bits per heavy atom. The number of morpholine rings is 1. The first kappa shape index (κ1) is 18.6. The highest BCUT2D eigenvalue weighted by Crippen LogP contribution is 2.27. The van der Waals surface area contributed by atoms with Crippen LogP contribution in [0.25, 0.3) is 0 Å². The molecular weight excluding hydrogens is 340 g/mol. The number of nitrogens with zero attached hydrogens (tertiary/aromatic N) is 3. The molecule has 27 heavy (non-hydrogen) atoms. The predicted octanol–water partition coefficient (Wildman–Crippen LogP) is 2.10. The summed E-state index contributed by atoms with van der Waals surface area (Å²) in [7, 11) is 1.88. The highest BCUT2D eigenvalue weighted by molar-refractivity contribution is 5.80. The molecule has 2 aliphatic heterocycles. The molecule has 1 aromatic rings. The van der Waals surface area contributed by atoms with Gasteiger partial charge >= 0.3 is 0 Å². The monoisotopic (exact) mass is 372 g/mol. The topological polar surface area (TPSA) is 49.3 Å². The van der Waals surface area contributed by atoms with Crippen molar-refractivity contribution in [3.63, 3.8) is 0 Å². The Bertz CT molecular complexity index is 641. The van der Waals surface area contributed by atoms with Crippen LogP contribution in [-0.2, 0) is 11.3 Å². The lowest BCUT2D eigenvalue weighted by Gasteiger charge is -2.32. The van der Waals surface area contributed by atoms with Crippen LogP contribution >= 0.6 is 0 Å². The number of ether oxygens (including phenoxy) is 2. The van der Waals surface area contributed by atoms with Gasteiger partial charge < -0.3 is 19.7 Å². The molecule has 3 fully saturated rings. The SMILES string of the molecule is CN=C(NCc1ccccc1OC1CCC1)N1CCC(N2CCOCC2)C1. The van der Waals surface area contributed by atoms with Gasteiger partial charge in [-0.2, -0.15) is 0 Å². The molecule has 0 aromatic heterocycles. The average molecular weight is 373 g/mol. The van der Waals surface area contributed by atoms with Gasteiger partial charge in [-0.3, -0.25) is 9.89 Å². The Morgan fingerprint density at radius 1 is 1.19 bits per heavy atom. The van der Waals surface area contributed by atoms with Crippen molar-refractivity contribution >= 4 is 5.96 Å². The molecule has 1 unspecified atom stereocenters. The normalized spacial score (nSPS) is 24.7. The summed E-state index contributed by atoms with van der Waals surface area (Å²) < 4.78 is 11.6. The smallest absolute Gasteiger partial charge is 0.193 e. The molecule has 0 amide bonds. The van der Waals surface area contributed by atoms with Crippen LogP contribution < -0.4 is 10.1 Å². The van der Waals surface area contributed by atoms with Gasteiger partial charge in [0, 0.05) is 51.4 Å². The zero-order valence-corrected chi connectivity index (χ0v) is 16.4. The first-order valence-electron chi connectivity index (χ1n) is 10.4. The maximum absolute atomic E-state index is 6.16. The molecule has 4 rings (SSSR count). The van der Waals surface area contributed by atoms with E-state index in [0.717, 1.165) is 57.6 Å². The molecule has 148 valence electrons. The van der Waals surface area contributed by atoms with Crippen molar-refractivity contribution in [1.82, 2.24) is 15.1 Å². The summed E-state index contributed by atoms with van der Waals surface area (Å²) in [5.74, 6) is 2.00. The second-order valence-corrected chi connectivity index (χ2v) is 7.72. The van der Waals surface area contributed by atoms with Gasteiger partial charge in [0.05, 0.1) is 19.3 Å². The van der Waals surface area contributed by atoms with E-state index in [1.54, 1.807) is 0 Å². The number of likely N-dealkylation sites (tertiary alicyclic amines) is 1. The maximum Gasteiger partial charge on any atom is 0.193 e. The van der Waals surface area contributed by atoms with Crippen molar-refractivity contribution in [2.24, 2.45) is 4.99 Å². The second kappa shape index (κ2) is 8.93. The van der Waals surface area contributed by atoms with E-state index in [-0.39, 0.29) is 0 Å². The first-order valence-corrected chi connectivity index (χ1v) is 10.4. The number of nitrogens with one attached hydrogen (secondary N) is 1. The Kier molecular flexibility index (Phi) is 6.14. The number of aliphatic imine (C=N–C) groups is 1. The molecule has 1 N–H and O–H groups in total. The second-order valence-electron chi connectivity index (χ2n) is 7.72. The summed E-state index contributed by atoms with van der Waals surface area (Å²) in [5.41, 5.74) is 1.20. The third-order valence-corrected chi connectivity index (χ3v) is 5.99. The highest BCUT2D eigenvalue weighted by Gasteiger charge is 2.30. The maximum atomic E-state index is 6.16. The van der Waals surface area contributed by atoms with E-state index in [2.05, 4.69) is 44.4 Å². The van der Waals surface area contributed by atoms with Crippen molar-refractivity contribution in [2.45, 2.75) is 44.4 Å². The van der Waals surface area contributed by atoms with Crippen molar-refractivity contribution in [3.05, 3.63) is 29.8 Å². The zero-order chi connectivity index (χ0) is 18.5. The van der Waals surface area contributed by atoms with Gasteiger partial charge in [-0.05, 0) is 31.7 Å². The minimum absolute atomic E-state index is 0.401. The summed E-state index contributed by atoms with van der Waals surface area (Å²) in [6.07, 6.45) is 5.25. The molecule has 1 aliphatic carbocycles. The van der Waals surface area contributed by atoms with Gasteiger partial charge in [0.1, 0.15) is 5.75 Å². The number of hydrogen-bond acceptors (Lipinski definition) is 4. The number of benzene rings is 1. The van der Waals surface area contributed by atoms with Gasteiger partial charge in [-0.15, -0.1) is 0 Å². The minimum Gasteiger partial charge on any atom is -0.490 e. The van der Waals surface area contributed by atoms with Crippen LogP contribution in [0.5, 0.6) is 5.75 Å². The lowest BCUT2D eigenvalue weighted by molar-refractivity contribution is 0.0195. The Morgan fingerprint density at radius 2 is 2.00 bits per heavy atom. The van der Waals surface area contributed by atoms with Crippen LogP contribution in [0.15, 0.2) is 29.3 Å². The van der Waals surface area contributed by atoms with E-state index in [1.807, 2.05) is 7.05 Å². The Balaban J connectivity index is 1.32. The fraction of sp³-hybridized carbons (Fsp3) is 0.667. The van der Waals surface area contributed by atoms with Crippen molar-refractivity contribution in [1.29, 1.82) is 0 Å². The predicted molar refractivity (Wildman–Crippen MR) is 107 cm³/mol. The molecule has 3 aliphatic rings. The van der Waals surface area contributed by atoms with Gasteiger partial charge in [0.15, 0.2) is 5.96 Å². The molecule has 1 saturated carbocycles. The number of para-hydroxylation sites is 1. The third-order valence-electron chi connectivity index (χ3n) is 5.99. The lowest BCUT2D eigenvalue weighted by Crippen LogP contribution is -2.46. The Labute approximate surface area is 162 Å². The summed E-state index contributed by atoms with van der Waals surface area (Å²) >= 11 is 0. The molecule has 2 saturated heterocycles. The average Bonchev–Trinajstić information content (AvgIpc) is 3.17. The largest absolute Gasteiger partial charge is 0.490 e. The van der Waals surface area contributed by atoms with Crippen molar-refractivity contribution < 1.29 is 9.47 Å². The van der Waals surface area contributed by atoms with Gasteiger partial charge in [0.25, 0.3) is 0 Å². The van der Waals surface area contributed by atoms with Crippen LogP contribution in [0.4, 0.5) is 0 Å². The molecule has 1 aromatic carbocycles. The van der Waals surface area contributed by atoms with Crippen LogP contribution in [-0.4, -0.2) is 74.3 Å². The molecule has 0 bridgehead atoms. The molecule has 6 nitrogen and oxygen atoms in total. The third kappa shape index (κ3) is 4.55. The van der Waals surface area contributed by atoms with E-state index in [9.17, 15) is 0 Å². The van der Waals surface area contributed by atoms with E-state index >= 15 is 0 Å². The van der Waals surface area contributed by atoms with Crippen LogP contribution in [0.3, 0.4) is 0 Å². The first-order chi connectivity index (χ1) is 13.3. The highest BCUT2D eigenvalue weighted by atomic mass is 16.5. The van der Waals surface area contributed by atoms with Gasteiger partial charge in [0.2, 0.25) is 0 Å². The quantitative estimate of drug-likeness (QED) is 0.634. The van der Waals surface area contributed by atoms with E-state index in [4.69, 9.17) is 9.47 Å². The summed E-state index contributed by atoms with van der Waals surface area (Å²) in [4.78, 5) is 9.48. The fourth-order valence-electron chi connectivity index (χ4n) is 4.11. The van der Waals surface area contributed by atoms with E-state index < -0.39 is 0 Å². The molecule has 0 spiro atoms. The molecule has 6 heteroatoms. The van der Waals surface area contributed by atoms with Crippen molar-refractivity contribution in [3.8, 4) is 5.75 Å². The summed E-state index contributed by atoms with van der Waals surface area (Å²) in [6.45, 7) is 6.67. The van der Waals surface area contributed by atoms with E-state index in [1.165, 1.54) is 31.2 Å². The van der Waals surface area contributed by atoms with Gasteiger partial charge in [-0.1, -0.05) is 18.2 Å². The molecular formula is C21H32N4O2. The minimum atomic E-state index is 0.401. The number of hydrogen-bond donors (Lipinski definition) is 1. The molecule has 1 atom stereocenters. The van der Waals surface area contributed by atoms with Crippen LogP contribution in [0, 0.1) is 0 Å². The fourth-order valence-corrected chi connectivity index (χ4v) is 4.11. The lowest BCUT2D eigenvalue weighted by atomic mass is 9.96. The Hall–Kier alpha value is -1.79.